The number of urea groups is 1. The van der Waals surface area contributed by atoms with Crippen LogP contribution in [0.2, 0.25) is 0 Å². The summed E-state index contributed by atoms with van der Waals surface area (Å²) in [5.74, 6) is 0. The molecular weight excluding hydrogens is 216 g/mol. The molecular formula is C13H18N2O2. The Balaban J connectivity index is 1.75. The predicted octanol–water partition coefficient (Wildman–Crippen LogP) is 1.97. The molecule has 17 heavy (non-hydrogen) atoms. The van der Waals surface area contributed by atoms with Gasteiger partial charge in [0.15, 0.2) is 0 Å². The Labute approximate surface area is 101 Å². The third kappa shape index (κ3) is 3.46. The van der Waals surface area contributed by atoms with Crippen molar-refractivity contribution >= 4 is 11.7 Å². The van der Waals surface area contributed by atoms with E-state index in [-0.39, 0.29) is 18.1 Å². The van der Waals surface area contributed by atoms with Crippen LogP contribution < -0.4 is 10.6 Å². The highest BCUT2D eigenvalue weighted by Gasteiger charge is 2.41. The fourth-order valence-electron chi connectivity index (χ4n) is 1.89. The zero-order chi connectivity index (χ0) is 12.1. The zero-order valence-electron chi connectivity index (χ0n) is 9.78. The van der Waals surface area contributed by atoms with Gasteiger partial charge in [-0.2, -0.15) is 0 Å². The smallest absolute Gasteiger partial charge is 0.319 e. The summed E-state index contributed by atoms with van der Waals surface area (Å²) in [6, 6.07) is 9.18. The highest BCUT2D eigenvalue weighted by Crippen LogP contribution is 2.47. The number of aliphatic hydroxyl groups excluding tert-OH is 1. The third-order valence-electron chi connectivity index (χ3n) is 3.25. The normalized spacial score (nSPS) is 16.3. The lowest BCUT2D eigenvalue weighted by Crippen LogP contribution is -2.34. The van der Waals surface area contributed by atoms with Gasteiger partial charge >= 0.3 is 6.03 Å². The first-order valence-electron chi connectivity index (χ1n) is 5.95. The van der Waals surface area contributed by atoms with Crippen LogP contribution >= 0.6 is 0 Å². The van der Waals surface area contributed by atoms with Gasteiger partial charge in [-0.1, -0.05) is 18.2 Å². The van der Waals surface area contributed by atoms with Gasteiger partial charge in [0.1, 0.15) is 0 Å². The molecule has 1 aromatic carbocycles. The Bertz CT molecular complexity index is 374. The number of benzene rings is 1. The molecule has 0 spiro atoms. The number of anilines is 1. The molecule has 92 valence electrons. The number of carbonyl (C=O) groups excluding carboxylic acids is 1. The van der Waals surface area contributed by atoms with Crippen LogP contribution in [-0.4, -0.2) is 24.3 Å². The molecule has 1 fully saturated rings. The van der Waals surface area contributed by atoms with Gasteiger partial charge in [0.25, 0.3) is 0 Å². The number of amides is 2. The summed E-state index contributed by atoms with van der Waals surface area (Å²) in [6.45, 7) is 0.841. The molecule has 0 aliphatic heterocycles. The number of rotatable bonds is 5. The van der Waals surface area contributed by atoms with Crippen molar-refractivity contribution in [3.63, 3.8) is 0 Å². The summed E-state index contributed by atoms with van der Waals surface area (Å²) in [4.78, 5) is 11.6. The van der Waals surface area contributed by atoms with Crippen molar-refractivity contribution < 1.29 is 9.90 Å². The Hall–Kier alpha value is -1.55. The standard InChI is InChI=1S/C13H18N2O2/c16-9-8-13(6-7-13)10-14-12(17)15-11-4-2-1-3-5-11/h1-5,16H,6-10H2,(H2,14,15,17). The monoisotopic (exact) mass is 234 g/mol. The second-order valence-corrected chi connectivity index (χ2v) is 4.65. The van der Waals surface area contributed by atoms with Gasteiger partial charge in [0.2, 0.25) is 0 Å². The molecule has 2 rings (SSSR count). The first-order valence-corrected chi connectivity index (χ1v) is 5.95. The first-order chi connectivity index (χ1) is 8.24. The van der Waals surface area contributed by atoms with Gasteiger partial charge < -0.3 is 15.7 Å². The van der Waals surface area contributed by atoms with E-state index in [2.05, 4.69) is 10.6 Å². The molecule has 0 saturated heterocycles. The van der Waals surface area contributed by atoms with E-state index < -0.39 is 0 Å². The minimum absolute atomic E-state index is 0.156. The van der Waals surface area contributed by atoms with Crippen molar-refractivity contribution in [2.45, 2.75) is 19.3 Å². The van der Waals surface area contributed by atoms with E-state index in [1.165, 1.54) is 0 Å². The van der Waals surface area contributed by atoms with Gasteiger partial charge in [0, 0.05) is 18.8 Å². The highest BCUT2D eigenvalue weighted by molar-refractivity contribution is 5.89. The average molecular weight is 234 g/mol. The number of aliphatic hydroxyl groups is 1. The minimum Gasteiger partial charge on any atom is -0.396 e. The molecule has 0 unspecified atom stereocenters. The van der Waals surface area contributed by atoms with Crippen molar-refractivity contribution in [2.75, 3.05) is 18.5 Å². The molecule has 0 radical (unpaired) electrons. The summed E-state index contributed by atoms with van der Waals surface area (Å²) in [7, 11) is 0. The molecule has 0 bridgehead atoms. The maximum atomic E-state index is 11.6. The summed E-state index contributed by atoms with van der Waals surface area (Å²) < 4.78 is 0. The number of carbonyl (C=O) groups is 1. The lowest BCUT2D eigenvalue weighted by atomic mass is 10.0. The fraction of sp³-hybridized carbons (Fsp3) is 0.462. The number of hydrogen-bond donors (Lipinski definition) is 3. The Kier molecular flexibility index (Phi) is 3.64. The second kappa shape index (κ2) is 5.19. The van der Waals surface area contributed by atoms with E-state index >= 15 is 0 Å². The van der Waals surface area contributed by atoms with Crippen LogP contribution in [0.3, 0.4) is 0 Å². The van der Waals surface area contributed by atoms with Gasteiger partial charge in [-0.3, -0.25) is 0 Å². The summed E-state index contributed by atoms with van der Waals surface area (Å²) in [6.07, 6.45) is 2.97. The van der Waals surface area contributed by atoms with Crippen LogP contribution in [0, 0.1) is 5.41 Å². The molecule has 0 aromatic heterocycles. The van der Waals surface area contributed by atoms with Crippen molar-refractivity contribution in [1.82, 2.24) is 5.32 Å². The maximum Gasteiger partial charge on any atom is 0.319 e. The molecule has 2 amide bonds. The average Bonchev–Trinajstić information content (AvgIpc) is 3.09. The van der Waals surface area contributed by atoms with Crippen LogP contribution in [0.4, 0.5) is 10.5 Å². The summed E-state index contributed by atoms with van der Waals surface area (Å²) >= 11 is 0. The molecule has 4 nitrogen and oxygen atoms in total. The Morgan fingerprint density at radius 2 is 2.00 bits per heavy atom. The number of nitrogens with one attached hydrogen (secondary N) is 2. The van der Waals surface area contributed by atoms with E-state index in [1.54, 1.807) is 0 Å². The molecule has 0 atom stereocenters. The summed E-state index contributed by atoms with van der Waals surface area (Å²) in [5, 5.41) is 14.5. The van der Waals surface area contributed by atoms with Gasteiger partial charge in [-0.15, -0.1) is 0 Å². The van der Waals surface area contributed by atoms with E-state index in [0.717, 1.165) is 24.9 Å². The maximum absolute atomic E-state index is 11.6. The lowest BCUT2D eigenvalue weighted by molar-refractivity contribution is 0.234. The molecule has 1 aliphatic rings. The predicted molar refractivity (Wildman–Crippen MR) is 66.8 cm³/mol. The highest BCUT2D eigenvalue weighted by atomic mass is 16.3. The molecule has 1 aliphatic carbocycles. The first kappa shape index (κ1) is 11.9. The van der Waals surface area contributed by atoms with Crippen molar-refractivity contribution in [3.8, 4) is 0 Å². The van der Waals surface area contributed by atoms with E-state index in [0.29, 0.717) is 6.54 Å². The third-order valence-corrected chi connectivity index (χ3v) is 3.25. The van der Waals surface area contributed by atoms with Crippen LogP contribution in [0.1, 0.15) is 19.3 Å². The van der Waals surface area contributed by atoms with E-state index in [1.807, 2.05) is 30.3 Å². The molecule has 1 saturated carbocycles. The zero-order valence-corrected chi connectivity index (χ0v) is 9.78. The molecule has 1 aromatic rings. The van der Waals surface area contributed by atoms with E-state index in [9.17, 15) is 4.79 Å². The lowest BCUT2D eigenvalue weighted by Gasteiger charge is -2.14. The van der Waals surface area contributed by atoms with Crippen LogP contribution in [0.5, 0.6) is 0 Å². The van der Waals surface area contributed by atoms with Gasteiger partial charge in [-0.25, -0.2) is 4.79 Å². The fourth-order valence-corrected chi connectivity index (χ4v) is 1.89. The Morgan fingerprint density at radius 3 is 2.59 bits per heavy atom. The quantitative estimate of drug-likeness (QED) is 0.729. The molecule has 3 N–H and O–H groups in total. The summed E-state index contributed by atoms with van der Waals surface area (Å²) in [5.41, 5.74) is 0.944. The number of hydrogen-bond acceptors (Lipinski definition) is 2. The van der Waals surface area contributed by atoms with Crippen LogP contribution in [-0.2, 0) is 0 Å². The van der Waals surface area contributed by atoms with Crippen LogP contribution in [0.15, 0.2) is 30.3 Å². The second-order valence-electron chi connectivity index (χ2n) is 4.65. The SMILES string of the molecule is O=C(NCC1(CCO)CC1)Nc1ccccc1. The number of para-hydroxylation sites is 1. The van der Waals surface area contributed by atoms with Crippen molar-refractivity contribution in [3.05, 3.63) is 30.3 Å². The van der Waals surface area contributed by atoms with Crippen molar-refractivity contribution in [1.29, 1.82) is 0 Å². The van der Waals surface area contributed by atoms with Crippen molar-refractivity contribution in [2.24, 2.45) is 5.41 Å². The minimum atomic E-state index is -0.180. The van der Waals surface area contributed by atoms with Gasteiger partial charge in [-0.05, 0) is 36.8 Å². The topological polar surface area (TPSA) is 61.4 Å². The Morgan fingerprint density at radius 1 is 1.29 bits per heavy atom. The molecule has 0 heterocycles. The van der Waals surface area contributed by atoms with E-state index in [4.69, 9.17) is 5.11 Å². The molecule has 4 heteroatoms. The van der Waals surface area contributed by atoms with Crippen LogP contribution in [0.25, 0.3) is 0 Å². The largest absolute Gasteiger partial charge is 0.396 e. The van der Waals surface area contributed by atoms with Gasteiger partial charge in [0.05, 0.1) is 0 Å².